The van der Waals surface area contributed by atoms with E-state index in [2.05, 4.69) is 67.7 Å². The van der Waals surface area contributed by atoms with Gasteiger partial charge in [-0.1, -0.05) is 18.2 Å². The molecule has 4 aromatic rings. The van der Waals surface area contributed by atoms with E-state index in [1.807, 2.05) is 36.5 Å². The Morgan fingerprint density at radius 2 is 1.92 bits per heavy atom. The fourth-order valence-corrected chi connectivity index (χ4v) is 5.99. The highest BCUT2D eigenvalue weighted by Crippen LogP contribution is 2.65. The molecule has 1 saturated carbocycles. The van der Waals surface area contributed by atoms with Crippen molar-refractivity contribution in [3.63, 3.8) is 0 Å². The summed E-state index contributed by atoms with van der Waals surface area (Å²) in [5.74, 6) is 2.01. The molecule has 1 amide bonds. The number of methoxy groups -OCH3 is 1. The third kappa shape index (κ3) is 3.67. The highest BCUT2D eigenvalue weighted by molar-refractivity contribution is 6.10. The predicted octanol–water partition coefficient (Wildman–Crippen LogP) is 4.27. The first-order valence-electron chi connectivity index (χ1n) is 13.1. The summed E-state index contributed by atoms with van der Waals surface area (Å²) in [5, 5.41) is 11.9. The van der Waals surface area contributed by atoms with Crippen LogP contribution in [-0.2, 0) is 10.2 Å². The number of anilines is 2. The summed E-state index contributed by atoms with van der Waals surface area (Å²) < 4.78 is 5.42. The summed E-state index contributed by atoms with van der Waals surface area (Å²) >= 11 is 0. The Bertz CT molecular complexity index is 1570. The van der Waals surface area contributed by atoms with E-state index in [9.17, 15) is 4.79 Å². The average Bonchev–Trinajstić information content (AvgIpc) is 3.49. The first-order valence-corrected chi connectivity index (χ1v) is 13.1. The van der Waals surface area contributed by atoms with Gasteiger partial charge in [-0.3, -0.25) is 9.89 Å². The molecule has 0 radical (unpaired) electrons. The van der Waals surface area contributed by atoms with Crippen LogP contribution in [0.5, 0.6) is 5.75 Å². The fourth-order valence-electron chi connectivity index (χ4n) is 5.99. The second-order valence-corrected chi connectivity index (χ2v) is 10.6. The molecule has 0 bridgehead atoms. The molecular weight excluding hydrogens is 476 g/mol. The van der Waals surface area contributed by atoms with Crippen LogP contribution in [0, 0.1) is 0 Å². The molecule has 2 aliphatic heterocycles. The number of carbonyl (C=O) groups is 1. The van der Waals surface area contributed by atoms with Crippen molar-refractivity contribution < 1.29 is 9.53 Å². The van der Waals surface area contributed by atoms with E-state index in [0.29, 0.717) is 0 Å². The summed E-state index contributed by atoms with van der Waals surface area (Å²) in [6.07, 6.45) is 6.79. The van der Waals surface area contributed by atoms with Crippen molar-refractivity contribution >= 4 is 40.5 Å². The van der Waals surface area contributed by atoms with Crippen LogP contribution in [0.15, 0.2) is 54.7 Å². The van der Waals surface area contributed by atoms with Crippen LogP contribution in [0.2, 0.25) is 0 Å². The maximum Gasteiger partial charge on any atom is 0.235 e. The monoisotopic (exact) mass is 506 g/mol. The molecule has 8 heteroatoms. The fraction of sp³-hybridized carbons (Fsp3) is 0.300. The topological polar surface area (TPSA) is 86.4 Å². The molecule has 192 valence electrons. The molecule has 3 aliphatic rings. The standard InChI is InChI=1S/C30H30N6O2/c1-35-11-13-36(14-12-35)28-10-4-19(18-31-28)3-8-25-22-7-5-20(15-27(22)34-33-25)24-17-30(24)23-16-21(38-2)6-9-26(23)32-29(30)37/h3-10,15-16,18,24H,11-14,17H2,1-2H3,(H,32,37)(H,33,34)/b8-3+/t24-,30+/m1/s1. The van der Waals surface area contributed by atoms with Crippen LogP contribution in [0.25, 0.3) is 23.1 Å². The lowest BCUT2D eigenvalue weighted by Gasteiger charge is -2.33. The zero-order chi connectivity index (χ0) is 25.9. The lowest BCUT2D eigenvalue weighted by Crippen LogP contribution is -2.44. The minimum atomic E-state index is -0.510. The second kappa shape index (κ2) is 8.70. The van der Waals surface area contributed by atoms with Gasteiger partial charge in [0.25, 0.3) is 0 Å². The van der Waals surface area contributed by atoms with Crippen molar-refractivity contribution in [2.75, 3.05) is 50.6 Å². The number of nitrogens with zero attached hydrogens (tertiary/aromatic N) is 4. The average molecular weight is 507 g/mol. The molecule has 2 aromatic carbocycles. The number of fused-ring (bicyclic) bond motifs is 3. The highest BCUT2D eigenvalue weighted by Gasteiger charge is 2.65. The van der Waals surface area contributed by atoms with Gasteiger partial charge < -0.3 is 19.9 Å². The smallest absolute Gasteiger partial charge is 0.235 e. The van der Waals surface area contributed by atoms with Gasteiger partial charge in [-0.15, -0.1) is 0 Å². The summed E-state index contributed by atoms with van der Waals surface area (Å²) in [5.41, 5.74) is 5.45. The number of pyridine rings is 1. The second-order valence-electron chi connectivity index (χ2n) is 10.6. The zero-order valence-corrected chi connectivity index (χ0v) is 21.6. The van der Waals surface area contributed by atoms with Crippen molar-refractivity contribution in [1.29, 1.82) is 0 Å². The third-order valence-corrected chi connectivity index (χ3v) is 8.37. The summed E-state index contributed by atoms with van der Waals surface area (Å²) in [6, 6.07) is 16.4. The molecular formula is C30H30N6O2. The minimum Gasteiger partial charge on any atom is -0.497 e. The van der Waals surface area contributed by atoms with Crippen LogP contribution >= 0.6 is 0 Å². The number of likely N-dealkylation sites (N-methyl/N-ethyl adjacent to an activating group) is 1. The van der Waals surface area contributed by atoms with Crippen molar-refractivity contribution in [2.24, 2.45) is 0 Å². The molecule has 7 rings (SSSR count). The summed E-state index contributed by atoms with van der Waals surface area (Å²) in [6.45, 7) is 4.14. The minimum absolute atomic E-state index is 0.0753. The Balaban J connectivity index is 1.09. The van der Waals surface area contributed by atoms with Gasteiger partial charge >= 0.3 is 0 Å². The predicted molar refractivity (Wildman–Crippen MR) is 150 cm³/mol. The molecule has 1 spiro atoms. The SMILES string of the molecule is COc1ccc2c(c1)[C@]1(C[C@@H]1c1ccc3c(/C=C/c4ccc(N5CCN(C)CC5)nc4)n[nH]c3c1)C(=O)N2. The lowest BCUT2D eigenvalue weighted by atomic mass is 9.91. The molecule has 2 atom stereocenters. The third-order valence-electron chi connectivity index (χ3n) is 8.37. The van der Waals surface area contributed by atoms with Gasteiger partial charge in [-0.2, -0.15) is 5.10 Å². The van der Waals surface area contributed by atoms with Gasteiger partial charge in [-0.25, -0.2) is 4.98 Å². The number of aromatic nitrogens is 3. The zero-order valence-electron chi connectivity index (χ0n) is 21.6. The van der Waals surface area contributed by atoms with E-state index in [1.165, 1.54) is 0 Å². The number of nitrogens with one attached hydrogen (secondary N) is 2. The maximum atomic E-state index is 13.0. The number of hydrogen-bond acceptors (Lipinski definition) is 6. The summed E-state index contributed by atoms with van der Waals surface area (Å²) in [7, 11) is 3.81. The van der Waals surface area contributed by atoms with Crippen LogP contribution in [0.3, 0.4) is 0 Å². The quantitative estimate of drug-likeness (QED) is 0.421. The number of piperazine rings is 1. The molecule has 2 fully saturated rings. The number of ether oxygens (including phenoxy) is 1. The first-order chi connectivity index (χ1) is 18.5. The molecule has 2 N–H and O–H groups in total. The van der Waals surface area contributed by atoms with E-state index >= 15 is 0 Å². The molecule has 2 aromatic heterocycles. The van der Waals surface area contributed by atoms with Crippen LogP contribution in [0.1, 0.15) is 34.7 Å². The molecule has 1 aliphatic carbocycles. The Morgan fingerprint density at radius 3 is 2.71 bits per heavy atom. The number of rotatable bonds is 5. The Labute approximate surface area is 221 Å². The lowest BCUT2D eigenvalue weighted by molar-refractivity contribution is -0.118. The van der Waals surface area contributed by atoms with Gasteiger partial charge in [-0.05, 0) is 72.6 Å². The van der Waals surface area contributed by atoms with E-state index in [-0.39, 0.29) is 11.8 Å². The number of carbonyl (C=O) groups excluding carboxylic acids is 1. The Morgan fingerprint density at radius 1 is 1.05 bits per heavy atom. The van der Waals surface area contributed by atoms with E-state index in [1.54, 1.807) is 7.11 Å². The van der Waals surface area contributed by atoms with Gasteiger partial charge in [0.2, 0.25) is 5.91 Å². The van der Waals surface area contributed by atoms with Crippen molar-refractivity contribution in [1.82, 2.24) is 20.1 Å². The van der Waals surface area contributed by atoms with Crippen molar-refractivity contribution in [3.8, 4) is 5.75 Å². The first kappa shape index (κ1) is 23.0. The molecule has 1 saturated heterocycles. The van der Waals surface area contributed by atoms with Gasteiger partial charge in [0.05, 0.1) is 23.7 Å². The number of hydrogen-bond donors (Lipinski definition) is 2. The van der Waals surface area contributed by atoms with Crippen LogP contribution in [-0.4, -0.2) is 66.3 Å². The molecule has 4 heterocycles. The molecule has 38 heavy (non-hydrogen) atoms. The normalized spacial score (nSPS) is 22.8. The van der Waals surface area contributed by atoms with E-state index < -0.39 is 5.41 Å². The Hall–Kier alpha value is -4.17. The maximum absolute atomic E-state index is 13.0. The Kier molecular flexibility index (Phi) is 5.26. The van der Waals surface area contributed by atoms with Gasteiger partial charge in [0, 0.05) is 49.4 Å². The molecule has 0 unspecified atom stereocenters. The largest absolute Gasteiger partial charge is 0.497 e. The van der Waals surface area contributed by atoms with Gasteiger partial charge in [0.1, 0.15) is 11.6 Å². The summed E-state index contributed by atoms with van der Waals surface area (Å²) in [4.78, 5) is 22.4. The van der Waals surface area contributed by atoms with E-state index in [4.69, 9.17) is 4.74 Å². The van der Waals surface area contributed by atoms with Crippen molar-refractivity contribution in [3.05, 3.63) is 77.1 Å². The van der Waals surface area contributed by atoms with Crippen LogP contribution in [0.4, 0.5) is 11.5 Å². The van der Waals surface area contributed by atoms with Gasteiger partial charge in [0.15, 0.2) is 0 Å². The molecule has 8 nitrogen and oxygen atoms in total. The number of amides is 1. The van der Waals surface area contributed by atoms with Crippen LogP contribution < -0.4 is 15.0 Å². The number of aromatic amines is 1. The van der Waals surface area contributed by atoms with E-state index in [0.717, 1.165) is 83.1 Å². The highest BCUT2D eigenvalue weighted by atomic mass is 16.5. The number of benzene rings is 2. The van der Waals surface area contributed by atoms with Crippen molar-refractivity contribution in [2.45, 2.75) is 17.8 Å². The number of H-pyrrole nitrogens is 1.